The summed E-state index contributed by atoms with van der Waals surface area (Å²) < 4.78 is 13.0. The lowest BCUT2D eigenvalue weighted by molar-refractivity contribution is -0.144. The van der Waals surface area contributed by atoms with Gasteiger partial charge in [-0.05, 0) is 136 Å². The lowest BCUT2D eigenvalue weighted by Gasteiger charge is -2.47. The number of halogens is 1. The highest BCUT2D eigenvalue weighted by Crippen LogP contribution is 2.57. The van der Waals surface area contributed by atoms with Crippen molar-refractivity contribution < 1.29 is 19.4 Å². The monoisotopic (exact) mass is 657 g/mol. The van der Waals surface area contributed by atoms with Gasteiger partial charge < -0.3 is 19.9 Å². The third-order valence-electron chi connectivity index (χ3n) is 11.6. The van der Waals surface area contributed by atoms with Gasteiger partial charge in [0, 0.05) is 41.3 Å². The summed E-state index contributed by atoms with van der Waals surface area (Å²) in [5, 5.41) is 14.6. The lowest BCUT2D eigenvalue weighted by Crippen LogP contribution is -2.53. The number of anilines is 1. The van der Waals surface area contributed by atoms with Crippen molar-refractivity contribution in [2.24, 2.45) is 11.8 Å². The van der Waals surface area contributed by atoms with E-state index in [2.05, 4.69) is 54.3 Å². The first-order valence-corrected chi connectivity index (χ1v) is 17.9. The molecule has 0 radical (unpaired) electrons. The van der Waals surface area contributed by atoms with E-state index < -0.39 is 11.5 Å². The molecular weight excluding hydrogens is 610 g/mol. The van der Waals surface area contributed by atoms with Crippen LogP contribution in [0.15, 0.2) is 54.7 Å². The number of carbonyl (C=O) groups is 1. The molecule has 1 aromatic heterocycles. The summed E-state index contributed by atoms with van der Waals surface area (Å²) in [7, 11) is 2.12. The van der Waals surface area contributed by atoms with Gasteiger partial charge in [-0.2, -0.15) is 0 Å². The molecule has 2 fully saturated rings. The van der Waals surface area contributed by atoms with Crippen molar-refractivity contribution in [3.63, 3.8) is 0 Å². The number of nitrogens with one attached hydrogen (secondary N) is 1. The Labute approximate surface area is 284 Å². The Morgan fingerprint density at radius 2 is 1.96 bits per heavy atom. The minimum atomic E-state index is -1.04. The number of carboxylic acids is 1. The minimum Gasteiger partial charge on any atom is -0.493 e. The van der Waals surface area contributed by atoms with Gasteiger partial charge in [0.1, 0.15) is 23.1 Å². The zero-order valence-corrected chi connectivity index (χ0v) is 28.7. The molecule has 1 saturated carbocycles. The van der Waals surface area contributed by atoms with Gasteiger partial charge in [-0.25, -0.2) is 4.79 Å². The number of nitrogens with zero attached hydrogens (tertiary/aromatic N) is 2. The Kier molecular flexibility index (Phi) is 8.90. The molecule has 7 rings (SSSR count). The average Bonchev–Trinajstić information content (AvgIpc) is 3.32. The maximum Gasteiger partial charge on any atom is 0.329 e. The van der Waals surface area contributed by atoms with E-state index in [1.165, 1.54) is 35.2 Å². The number of likely N-dealkylation sites (tertiary alicyclic amines) is 1. The van der Waals surface area contributed by atoms with Crippen molar-refractivity contribution >= 4 is 23.3 Å². The molecule has 4 aliphatic rings. The molecule has 2 aromatic carbocycles. The Balaban J connectivity index is 1.12. The number of fused-ring (bicyclic) bond motifs is 3. The molecule has 8 heteroatoms. The highest BCUT2D eigenvalue weighted by atomic mass is 35.5. The highest BCUT2D eigenvalue weighted by molar-refractivity contribution is 6.30. The maximum absolute atomic E-state index is 12.9. The molecule has 0 amide bonds. The molecule has 1 saturated heterocycles. The van der Waals surface area contributed by atoms with Gasteiger partial charge in [-0.1, -0.05) is 37.6 Å². The van der Waals surface area contributed by atoms with Crippen LogP contribution in [0.25, 0.3) is 0 Å². The summed E-state index contributed by atoms with van der Waals surface area (Å²) in [5.41, 5.74) is 4.83. The first kappa shape index (κ1) is 32.3. The Morgan fingerprint density at radius 1 is 1.15 bits per heavy atom. The van der Waals surface area contributed by atoms with E-state index in [9.17, 15) is 9.90 Å². The summed E-state index contributed by atoms with van der Waals surface area (Å²) in [4.78, 5) is 19.9. The molecule has 2 heterocycles. The summed E-state index contributed by atoms with van der Waals surface area (Å²) in [6.07, 6.45) is 10.2. The molecule has 2 N–H and O–H groups in total. The van der Waals surface area contributed by atoms with Crippen molar-refractivity contribution in [1.29, 1.82) is 0 Å². The predicted octanol–water partition coefficient (Wildman–Crippen LogP) is 7.89. The summed E-state index contributed by atoms with van der Waals surface area (Å²) in [6, 6.07) is 16.1. The topological polar surface area (TPSA) is 83.9 Å². The number of pyridine rings is 1. The molecule has 250 valence electrons. The number of carboxylic acid groups (broad SMARTS) is 1. The number of ether oxygens (including phenoxy) is 2. The number of benzene rings is 2. The second-order valence-corrected chi connectivity index (χ2v) is 15.4. The Hall–Kier alpha value is -3.29. The number of hydrogen-bond donors (Lipinski definition) is 2. The van der Waals surface area contributed by atoms with Gasteiger partial charge in [-0.15, -0.1) is 0 Å². The number of hydrogen-bond acceptors (Lipinski definition) is 6. The van der Waals surface area contributed by atoms with E-state index >= 15 is 0 Å². The van der Waals surface area contributed by atoms with Crippen molar-refractivity contribution in [2.45, 2.75) is 94.6 Å². The standard InChI is InChI=1S/C39H48ClN3O4/c1-25(24-46-35-12-17-41-34-9-4-6-26(2)36(34)35)18-28-19-27-10-11-31(47-32-22-43(3)23-32)21-33(27)38(28)13-15-39(16-14-38,37(44)45)42-30-8-5-7-29(40)20-30/h5,7-8,10-12,17,20-21,25-26,28,32,42H,4,6,9,13-16,18-19,22-24H2,1-3H3,(H,44,45)/t25-,26-,28?,38?,39?/m1/s1. The van der Waals surface area contributed by atoms with Gasteiger partial charge >= 0.3 is 5.97 Å². The van der Waals surface area contributed by atoms with Crippen molar-refractivity contribution in [1.82, 2.24) is 9.88 Å². The fraction of sp³-hybridized carbons (Fsp3) is 0.538. The molecule has 0 bridgehead atoms. The van der Waals surface area contributed by atoms with Crippen LogP contribution in [0.3, 0.4) is 0 Å². The molecule has 47 heavy (non-hydrogen) atoms. The number of aliphatic carboxylic acids is 1. The van der Waals surface area contributed by atoms with Crippen LogP contribution >= 0.6 is 11.6 Å². The third-order valence-corrected chi connectivity index (χ3v) is 11.8. The summed E-state index contributed by atoms with van der Waals surface area (Å²) >= 11 is 6.27. The predicted molar refractivity (Wildman–Crippen MR) is 186 cm³/mol. The number of aromatic nitrogens is 1. The van der Waals surface area contributed by atoms with Crippen LogP contribution in [0, 0.1) is 11.8 Å². The van der Waals surface area contributed by atoms with Crippen molar-refractivity contribution in [3.8, 4) is 11.5 Å². The van der Waals surface area contributed by atoms with Crippen LogP contribution in [0.4, 0.5) is 5.69 Å². The molecular formula is C39H48ClN3O4. The number of aryl methyl sites for hydroxylation is 1. The van der Waals surface area contributed by atoms with Crippen LogP contribution < -0.4 is 14.8 Å². The van der Waals surface area contributed by atoms with E-state index in [1.807, 2.05) is 36.5 Å². The Morgan fingerprint density at radius 3 is 2.70 bits per heavy atom. The summed E-state index contributed by atoms with van der Waals surface area (Å²) in [5.74, 6) is 2.33. The van der Waals surface area contributed by atoms with Gasteiger partial charge in [0.25, 0.3) is 0 Å². The van der Waals surface area contributed by atoms with Gasteiger partial charge in [0.15, 0.2) is 0 Å². The molecule has 7 nitrogen and oxygen atoms in total. The van der Waals surface area contributed by atoms with Crippen LogP contribution in [0.1, 0.15) is 87.1 Å². The summed E-state index contributed by atoms with van der Waals surface area (Å²) in [6.45, 7) is 7.14. The second kappa shape index (κ2) is 13.0. The van der Waals surface area contributed by atoms with Gasteiger partial charge in [0.2, 0.25) is 0 Å². The second-order valence-electron chi connectivity index (χ2n) is 15.0. The molecule has 1 spiro atoms. The average molecular weight is 658 g/mol. The van der Waals surface area contributed by atoms with E-state index in [0.717, 1.165) is 62.4 Å². The van der Waals surface area contributed by atoms with E-state index in [4.69, 9.17) is 21.1 Å². The van der Waals surface area contributed by atoms with Crippen molar-refractivity contribution in [2.75, 3.05) is 32.1 Å². The minimum absolute atomic E-state index is 0.112. The maximum atomic E-state index is 12.9. The van der Waals surface area contributed by atoms with Crippen LogP contribution in [-0.4, -0.2) is 59.3 Å². The van der Waals surface area contributed by atoms with Crippen LogP contribution in [0.2, 0.25) is 5.02 Å². The van der Waals surface area contributed by atoms with E-state index in [0.29, 0.717) is 42.2 Å². The van der Waals surface area contributed by atoms with Crippen molar-refractivity contribution in [3.05, 3.63) is 82.1 Å². The quantitative estimate of drug-likeness (QED) is 0.229. The Bertz CT molecular complexity index is 1610. The number of rotatable bonds is 10. The van der Waals surface area contributed by atoms with E-state index in [-0.39, 0.29) is 11.5 Å². The fourth-order valence-corrected chi connectivity index (χ4v) is 9.25. The first-order valence-electron chi connectivity index (χ1n) is 17.5. The SMILES string of the molecule is C[C@@H](COc1ccnc2c1[C@H](C)CCC2)CC1Cc2ccc(OC3CN(C)C3)cc2C12CCC(Nc1cccc(Cl)c1)(C(=O)O)CC2. The van der Waals surface area contributed by atoms with Crippen LogP contribution in [0.5, 0.6) is 11.5 Å². The van der Waals surface area contributed by atoms with Gasteiger partial charge in [0.05, 0.1) is 6.61 Å². The zero-order chi connectivity index (χ0) is 32.8. The third kappa shape index (κ3) is 6.33. The zero-order valence-electron chi connectivity index (χ0n) is 27.9. The van der Waals surface area contributed by atoms with E-state index in [1.54, 1.807) is 0 Å². The first-order chi connectivity index (χ1) is 22.6. The van der Waals surface area contributed by atoms with Crippen LogP contribution in [-0.2, 0) is 23.1 Å². The largest absolute Gasteiger partial charge is 0.493 e. The molecule has 3 aliphatic carbocycles. The lowest BCUT2D eigenvalue weighted by atomic mass is 9.59. The molecule has 1 aliphatic heterocycles. The number of likely N-dealkylation sites (N-methyl/N-ethyl adjacent to an activating group) is 1. The van der Waals surface area contributed by atoms with Gasteiger partial charge in [-0.3, -0.25) is 9.88 Å². The normalized spacial score (nSPS) is 27.8. The molecule has 1 unspecified atom stereocenters. The molecule has 3 aromatic rings. The smallest absolute Gasteiger partial charge is 0.329 e. The molecule has 3 atom stereocenters. The fourth-order valence-electron chi connectivity index (χ4n) is 9.06. The highest BCUT2D eigenvalue weighted by Gasteiger charge is 2.54.